The van der Waals surface area contributed by atoms with Gasteiger partial charge in [0.15, 0.2) is 11.5 Å². The second-order valence-electron chi connectivity index (χ2n) is 6.25. The van der Waals surface area contributed by atoms with Crippen molar-refractivity contribution in [3.8, 4) is 11.5 Å². The zero-order valence-corrected chi connectivity index (χ0v) is 15.7. The van der Waals surface area contributed by atoms with Crippen molar-refractivity contribution >= 4 is 11.6 Å². The van der Waals surface area contributed by atoms with Gasteiger partial charge in [0, 0.05) is 36.3 Å². The van der Waals surface area contributed by atoms with Crippen LogP contribution in [0.3, 0.4) is 0 Å². The van der Waals surface area contributed by atoms with Gasteiger partial charge in [-0.1, -0.05) is 11.6 Å². The van der Waals surface area contributed by atoms with E-state index < -0.39 is 0 Å². The van der Waals surface area contributed by atoms with Crippen molar-refractivity contribution < 1.29 is 14.2 Å². The fourth-order valence-corrected chi connectivity index (χ4v) is 2.98. The van der Waals surface area contributed by atoms with Crippen LogP contribution in [0.2, 0.25) is 5.02 Å². The highest BCUT2D eigenvalue weighted by molar-refractivity contribution is 6.30. The van der Waals surface area contributed by atoms with Crippen LogP contribution < -0.4 is 14.8 Å². The van der Waals surface area contributed by atoms with Crippen LogP contribution in [0.25, 0.3) is 0 Å². The second-order valence-corrected chi connectivity index (χ2v) is 6.68. The van der Waals surface area contributed by atoms with Crippen molar-refractivity contribution in [1.82, 2.24) is 10.2 Å². The Morgan fingerprint density at radius 3 is 2.71 bits per heavy atom. The molecule has 1 fully saturated rings. The normalized spacial score (nSPS) is 15.7. The van der Waals surface area contributed by atoms with Crippen LogP contribution >= 0.6 is 11.6 Å². The van der Waals surface area contributed by atoms with E-state index in [0.717, 1.165) is 57.1 Å². The predicted molar refractivity (Wildman–Crippen MR) is 97.4 cm³/mol. The highest BCUT2D eigenvalue weighted by atomic mass is 35.5. The average Bonchev–Trinajstić information content (AvgIpc) is 2.57. The Kier molecular flexibility index (Phi) is 8.12. The summed E-state index contributed by atoms with van der Waals surface area (Å²) in [6, 6.07) is 3.73. The number of nitrogens with one attached hydrogen (secondary N) is 1. The topological polar surface area (TPSA) is 43.0 Å². The Hall–Kier alpha value is -1.01. The zero-order chi connectivity index (χ0) is 17.4. The van der Waals surface area contributed by atoms with Gasteiger partial charge in [-0.25, -0.2) is 0 Å². The first-order chi connectivity index (χ1) is 11.6. The van der Waals surface area contributed by atoms with Crippen LogP contribution in [0.15, 0.2) is 12.1 Å². The lowest BCUT2D eigenvalue weighted by molar-refractivity contribution is 0.0374. The maximum Gasteiger partial charge on any atom is 0.166 e. The predicted octanol–water partition coefficient (Wildman–Crippen LogP) is 2.95. The van der Waals surface area contributed by atoms with Gasteiger partial charge >= 0.3 is 0 Å². The minimum atomic E-state index is 0.0835. The van der Waals surface area contributed by atoms with Gasteiger partial charge in [-0.15, -0.1) is 0 Å². The molecule has 6 heteroatoms. The molecule has 0 spiro atoms. The van der Waals surface area contributed by atoms with Gasteiger partial charge in [-0.3, -0.25) is 4.90 Å². The number of hydrogen-bond donors (Lipinski definition) is 1. The Bertz CT molecular complexity index is 505. The monoisotopic (exact) mass is 356 g/mol. The quantitative estimate of drug-likeness (QED) is 0.689. The van der Waals surface area contributed by atoms with Crippen LogP contribution in [0.5, 0.6) is 11.5 Å². The van der Waals surface area contributed by atoms with Gasteiger partial charge < -0.3 is 19.5 Å². The van der Waals surface area contributed by atoms with E-state index in [4.69, 9.17) is 25.8 Å². The molecule has 5 nitrogen and oxygen atoms in total. The summed E-state index contributed by atoms with van der Waals surface area (Å²) < 4.78 is 16.7. The van der Waals surface area contributed by atoms with Gasteiger partial charge in [-0.2, -0.15) is 0 Å². The molecule has 0 bridgehead atoms. The molecule has 0 atom stereocenters. The molecule has 1 aliphatic heterocycles. The number of morpholine rings is 1. The van der Waals surface area contributed by atoms with Gasteiger partial charge in [0.25, 0.3) is 0 Å². The number of ether oxygens (including phenoxy) is 3. The van der Waals surface area contributed by atoms with Crippen LogP contribution in [0.1, 0.15) is 25.8 Å². The number of methoxy groups -OCH3 is 1. The molecular weight excluding hydrogens is 328 g/mol. The molecule has 0 amide bonds. The molecule has 0 aliphatic carbocycles. The summed E-state index contributed by atoms with van der Waals surface area (Å²) in [4.78, 5) is 2.45. The van der Waals surface area contributed by atoms with Crippen molar-refractivity contribution in [2.24, 2.45) is 0 Å². The van der Waals surface area contributed by atoms with Crippen molar-refractivity contribution in [1.29, 1.82) is 0 Å². The minimum Gasteiger partial charge on any atom is -0.493 e. The van der Waals surface area contributed by atoms with Gasteiger partial charge in [0.2, 0.25) is 0 Å². The third kappa shape index (κ3) is 6.13. The molecule has 136 valence electrons. The summed E-state index contributed by atoms with van der Waals surface area (Å²) in [5.74, 6) is 1.46. The van der Waals surface area contributed by atoms with E-state index in [2.05, 4.69) is 10.2 Å². The molecule has 0 unspecified atom stereocenters. The SMILES string of the molecule is COc1cc(Cl)cc(CNCCCN2CCOCC2)c1OC(C)C. The average molecular weight is 357 g/mol. The van der Waals surface area contributed by atoms with Crippen LogP contribution in [-0.2, 0) is 11.3 Å². The second kappa shape index (κ2) is 10.1. The highest BCUT2D eigenvalue weighted by Gasteiger charge is 2.14. The Morgan fingerprint density at radius 1 is 1.29 bits per heavy atom. The third-order valence-corrected chi connectivity index (χ3v) is 4.14. The number of nitrogens with zero attached hydrogens (tertiary/aromatic N) is 1. The van der Waals surface area contributed by atoms with Crippen LogP contribution in [-0.4, -0.2) is 57.5 Å². The zero-order valence-electron chi connectivity index (χ0n) is 14.9. The van der Waals surface area contributed by atoms with Crippen molar-refractivity contribution in [2.75, 3.05) is 46.5 Å². The molecule has 1 aromatic carbocycles. The van der Waals surface area contributed by atoms with E-state index in [9.17, 15) is 0 Å². The first-order valence-electron chi connectivity index (χ1n) is 8.64. The van der Waals surface area contributed by atoms with Crippen LogP contribution in [0, 0.1) is 0 Å². The number of halogens is 1. The van der Waals surface area contributed by atoms with E-state index >= 15 is 0 Å². The summed E-state index contributed by atoms with van der Waals surface area (Å²) in [7, 11) is 1.64. The van der Waals surface area contributed by atoms with E-state index in [1.165, 1.54) is 0 Å². The number of hydrogen-bond acceptors (Lipinski definition) is 5. The summed E-state index contributed by atoms with van der Waals surface area (Å²) in [6.07, 6.45) is 1.19. The minimum absolute atomic E-state index is 0.0835. The first kappa shape index (κ1) is 19.3. The van der Waals surface area contributed by atoms with E-state index in [0.29, 0.717) is 17.3 Å². The van der Waals surface area contributed by atoms with Gasteiger partial charge in [0.1, 0.15) is 0 Å². The van der Waals surface area contributed by atoms with Gasteiger partial charge in [-0.05, 0) is 39.4 Å². The molecule has 24 heavy (non-hydrogen) atoms. The third-order valence-electron chi connectivity index (χ3n) is 3.92. The van der Waals surface area contributed by atoms with Crippen molar-refractivity contribution in [3.63, 3.8) is 0 Å². The molecule has 1 aromatic rings. The fourth-order valence-electron chi connectivity index (χ4n) is 2.75. The largest absolute Gasteiger partial charge is 0.493 e. The first-order valence-corrected chi connectivity index (χ1v) is 9.02. The summed E-state index contributed by atoms with van der Waals surface area (Å²) in [5.41, 5.74) is 1.03. The number of rotatable bonds is 9. The summed E-state index contributed by atoms with van der Waals surface area (Å²) in [6.45, 7) is 10.6. The van der Waals surface area contributed by atoms with Crippen molar-refractivity contribution in [2.45, 2.75) is 32.9 Å². The molecule has 1 aliphatic rings. The molecule has 1 N–H and O–H groups in total. The molecule has 2 rings (SSSR count). The number of benzene rings is 1. The maximum atomic E-state index is 6.20. The molecule has 1 heterocycles. The molecule has 1 saturated heterocycles. The molecular formula is C18H29ClN2O3. The summed E-state index contributed by atoms with van der Waals surface area (Å²) >= 11 is 6.20. The van der Waals surface area contributed by atoms with E-state index in [1.54, 1.807) is 13.2 Å². The Balaban J connectivity index is 1.85. The maximum absolute atomic E-state index is 6.20. The smallest absolute Gasteiger partial charge is 0.166 e. The fraction of sp³-hybridized carbons (Fsp3) is 0.667. The lowest BCUT2D eigenvalue weighted by atomic mass is 10.1. The standard InChI is InChI=1S/C18H29ClN2O3/c1-14(2)24-18-15(11-16(19)12-17(18)22-3)13-20-5-4-6-21-7-9-23-10-8-21/h11-12,14,20H,4-10,13H2,1-3H3. The van der Waals surface area contributed by atoms with Gasteiger partial charge in [0.05, 0.1) is 26.4 Å². The molecule has 0 aromatic heterocycles. The summed E-state index contributed by atoms with van der Waals surface area (Å²) in [5, 5.41) is 4.14. The highest BCUT2D eigenvalue weighted by Crippen LogP contribution is 2.35. The molecule has 0 radical (unpaired) electrons. The van der Waals surface area contributed by atoms with Crippen molar-refractivity contribution in [3.05, 3.63) is 22.7 Å². The Labute approximate surface area is 150 Å². The molecule has 0 saturated carbocycles. The van der Waals surface area contributed by atoms with Crippen LogP contribution in [0.4, 0.5) is 0 Å². The lowest BCUT2D eigenvalue weighted by Crippen LogP contribution is -2.37. The Morgan fingerprint density at radius 2 is 2.04 bits per heavy atom. The van der Waals surface area contributed by atoms with E-state index in [-0.39, 0.29) is 6.10 Å². The van der Waals surface area contributed by atoms with E-state index in [1.807, 2.05) is 19.9 Å². The lowest BCUT2D eigenvalue weighted by Gasteiger charge is -2.26.